The summed E-state index contributed by atoms with van der Waals surface area (Å²) < 4.78 is 41.0. The van der Waals surface area contributed by atoms with Crippen LogP contribution in [0.3, 0.4) is 0 Å². The van der Waals surface area contributed by atoms with Gasteiger partial charge in [-0.05, 0) is 75.6 Å². The summed E-state index contributed by atoms with van der Waals surface area (Å²) in [6, 6.07) is 18.2. The lowest BCUT2D eigenvalue weighted by molar-refractivity contribution is -0.384. The Balaban J connectivity index is 1.37. The summed E-state index contributed by atoms with van der Waals surface area (Å²) in [5, 5.41) is 52.0. The van der Waals surface area contributed by atoms with E-state index in [0.29, 0.717) is 0 Å². The second kappa shape index (κ2) is 18.9. The zero-order valence-corrected chi connectivity index (χ0v) is 39.7. The topological polar surface area (TPSA) is 283 Å². The predicted molar refractivity (Wildman–Crippen MR) is 242 cm³/mol. The van der Waals surface area contributed by atoms with Crippen LogP contribution in [-0.4, -0.2) is 116 Å². The van der Waals surface area contributed by atoms with E-state index in [4.69, 9.17) is 33.2 Å². The van der Waals surface area contributed by atoms with Crippen molar-refractivity contribution >= 4 is 41.6 Å². The van der Waals surface area contributed by atoms with E-state index >= 15 is 9.59 Å². The highest BCUT2D eigenvalue weighted by Crippen LogP contribution is 2.64. The molecule has 3 aliphatic carbocycles. The van der Waals surface area contributed by atoms with Crippen LogP contribution in [0.5, 0.6) is 5.75 Å². The van der Waals surface area contributed by atoms with Gasteiger partial charge < -0.3 is 53.8 Å². The number of rotatable bonds is 11. The van der Waals surface area contributed by atoms with Crippen LogP contribution in [-0.2, 0) is 42.8 Å². The van der Waals surface area contributed by atoms with E-state index in [-0.39, 0.29) is 46.7 Å². The molecule has 11 atom stereocenters. The number of alkyl carbamates (subject to hydrolysis) is 1. The molecular formula is C50H56N2O18. The number of benzene rings is 3. The van der Waals surface area contributed by atoms with Crippen LogP contribution in [0.25, 0.3) is 0 Å². The number of Topliss-reactive ketones (excluding diaryl/α,β-unsaturated/α-hetero) is 1. The Morgan fingerprint density at radius 1 is 0.914 bits per heavy atom. The Bertz CT molecular complexity index is 2580. The molecule has 7 rings (SSSR count). The quantitative estimate of drug-likeness (QED) is 0.0468. The standard InChI is InChI=1S/C50H56N2O18/c1-26-32(66-43(58)38(67-45(60)65-31-21-19-30(20-22-31)52(62)63)36(28-15-11-9-12-16-28)51-44(59)70-46(3,4)5)24-50(61)41(68-42(57)29-17-13-10-14-18-29)39-48(8,40(56)37(55)35(26)47(50,6)7)33(54)23-34-49(39,25-64-34)69-27(2)53/h9-22,32-34,36-39,41,54-55,61H,23-25H2,1-8H3,(H,51,59)/t32-,33-,34+,36-,37+,38+,39+,41-,48+,49-,50+/m0/s1. The first-order valence-corrected chi connectivity index (χ1v) is 22.5. The highest BCUT2D eigenvalue weighted by Gasteiger charge is 2.78. The van der Waals surface area contributed by atoms with Crippen LogP contribution in [0.4, 0.5) is 15.3 Å². The van der Waals surface area contributed by atoms with Gasteiger partial charge in [-0.3, -0.25) is 19.7 Å². The third-order valence-electron chi connectivity index (χ3n) is 14.0. The number of aliphatic hydroxyl groups excluding tert-OH is 2. The van der Waals surface area contributed by atoms with Gasteiger partial charge in [-0.1, -0.05) is 62.4 Å². The number of fused-ring (bicyclic) bond motifs is 5. The molecule has 374 valence electrons. The van der Waals surface area contributed by atoms with Crippen LogP contribution in [0.2, 0.25) is 0 Å². The van der Waals surface area contributed by atoms with Gasteiger partial charge in [0.25, 0.3) is 5.69 Å². The molecule has 0 aromatic heterocycles. The molecule has 1 aliphatic heterocycles. The first kappa shape index (κ1) is 51.1. The number of nitrogens with zero attached hydrogens (tertiary/aromatic N) is 1. The van der Waals surface area contributed by atoms with Gasteiger partial charge in [-0.2, -0.15) is 0 Å². The number of nitro benzene ring substituents is 1. The van der Waals surface area contributed by atoms with Crippen LogP contribution in [0, 0.1) is 26.9 Å². The van der Waals surface area contributed by atoms with E-state index in [9.17, 15) is 44.6 Å². The average Bonchev–Trinajstić information content (AvgIpc) is 3.28. The zero-order valence-electron chi connectivity index (χ0n) is 39.7. The maximum absolute atomic E-state index is 15.2. The molecule has 1 heterocycles. The molecule has 20 heteroatoms. The molecule has 0 radical (unpaired) electrons. The van der Waals surface area contributed by atoms with Crippen molar-refractivity contribution < 1.29 is 82.2 Å². The van der Waals surface area contributed by atoms with Crippen molar-refractivity contribution in [3.05, 3.63) is 117 Å². The Hall–Kier alpha value is -6.74. The molecule has 3 aromatic rings. The van der Waals surface area contributed by atoms with Crippen LogP contribution >= 0.6 is 0 Å². The number of carbonyl (C=O) groups is 6. The van der Waals surface area contributed by atoms with Crippen molar-refractivity contribution in [1.29, 1.82) is 0 Å². The Morgan fingerprint density at radius 2 is 1.53 bits per heavy atom. The van der Waals surface area contributed by atoms with E-state index < -0.39 is 124 Å². The van der Waals surface area contributed by atoms with E-state index in [0.717, 1.165) is 31.2 Å². The molecule has 3 fully saturated rings. The van der Waals surface area contributed by atoms with Gasteiger partial charge in [-0.15, -0.1) is 0 Å². The third kappa shape index (κ3) is 9.23. The number of nitro groups is 1. The number of aliphatic hydroxyl groups is 3. The highest BCUT2D eigenvalue weighted by atomic mass is 16.7. The molecule has 2 bridgehead atoms. The molecule has 70 heavy (non-hydrogen) atoms. The van der Waals surface area contributed by atoms with Gasteiger partial charge in [-0.25, -0.2) is 19.2 Å². The lowest BCUT2D eigenvalue weighted by atomic mass is 9.44. The molecule has 1 amide bonds. The fourth-order valence-electron chi connectivity index (χ4n) is 10.5. The minimum absolute atomic E-state index is 0.0223. The zero-order chi connectivity index (χ0) is 51.3. The second-order valence-corrected chi connectivity index (χ2v) is 19.8. The van der Waals surface area contributed by atoms with Crippen molar-refractivity contribution in [1.82, 2.24) is 5.32 Å². The monoisotopic (exact) mass is 972 g/mol. The molecule has 0 unspecified atom stereocenters. The maximum atomic E-state index is 15.2. The minimum Gasteiger partial charge on any atom is -0.455 e. The van der Waals surface area contributed by atoms with E-state index in [1.807, 2.05) is 0 Å². The van der Waals surface area contributed by atoms with Crippen molar-refractivity contribution in [3.8, 4) is 5.75 Å². The summed E-state index contributed by atoms with van der Waals surface area (Å²) >= 11 is 0. The summed E-state index contributed by atoms with van der Waals surface area (Å²) in [7, 11) is 0. The van der Waals surface area contributed by atoms with Gasteiger partial charge in [0.1, 0.15) is 47.4 Å². The number of carbonyl (C=O) groups excluding carboxylic acids is 6. The van der Waals surface area contributed by atoms with E-state index in [1.54, 1.807) is 57.2 Å². The second-order valence-electron chi connectivity index (χ2n) is 19.8. The summed E-state index contributed by atoms with van der Waals surface area (Å²) in [5.74, 6) is -6.00. The molecule has 4 aliphatic rings. The van der Waals surface area contributed by atoms with Gasteiger partial charge >= 0.3 is 30.2 Å². The van der Waals surface area contributed by atoms with Crippen LogP contribution in [0.1, 0.15) is 90.2 Å². The van der Waals surface area contributed by atoms with Crippen molar-refractivity contribution in [2.45, 2.75) is 128 Å². The smallest absolute Gasteiger partial charge is 0.455 e. The number of nitrogens with one attached hydrogen (secondary N) is 1. The highest BCUT2D eigenvalue weighted by molar-refractivity contribution is 5.94. The first-order chi connectivity index (χ1) is 32.7. The Morgan fingerprint density at radius 3 is 2.09 bits per heavy atom. The fraction of sp³-hybridized carbons (Fsp3) is 0.480. The molecule has 2 saturated carbocycles. The molecule has 0 spiro atoms. The molecule has 4 N–H and O–H groups in total. The number of hydrogen-bond acceptors (Lipinski definition) is 18. The normalized spacial score (nSPS) is 29.7. The number of hydrogen-bond donors (Lipinski definition) is 4. The summed E-state index contributed by atoms with van der Waals surface area (Å²) in [5.41, 5.74) is -9.44. The first-order valence-electron chi connectivity index (χ1n) is 22.5. The lowest BCUT2D eigenvalue weighted by Crippen LogP contribution is -2.81. The minimum atomic E-state index is -2.49. The fourth-order valence-corrected chi connectivity index (χ4v) is 10.5. The summed E-state index contributed by atoms with van der Waals surface area (Å²) in [6.45, 7) is 11.3. The number of esters is 3. The summed E-state index contributed by atoms with van der Waals surface area (Å²) in [4.78, 5) is 95.3. The molecule has 3 aromatic carbocycles. The number of non-ortho nitro benzene ring substituents is 1. The van der Waals surface area contributed by atoms with Gasteiger partial charge in [0.15, 0.2) is 11.4 Å². The van der Waals surface area contributed by atoms with Crippen LogP contribution < -0.4 is 10.1 Å². The van der Waals surface area contributed by atoms with Crippen molar-refractivity contribution in [2.24, 2.45) is 16.7 Å². The van der Waals surface area contributed by atoms with E-state index in [2.05, 4.69) is 5.32 Å². The number of ketones is 1. The van der Waals surface area contributed by atoms with Crippen LogP contribution in [0.15, 0.2) is 96.1 Å². The Labute approximate surface area is 402 Å². The lowest BCUT2D eigenvalue weighted by Gasteiger charge is -2.67. The molecule has 20 nitrogen and oxygen atoms in total. The molecule has 1 saturated heterocycles. The summed E-state index contributed by atoms with van der Waals surface area (Å²) in [6.07, 6.45) is -14.0. The number of amides is 1. The van der Waals surface area contributed by atoms with Crippen molar-refractivity contribution in [2.75, 3.05) is 6.61 Å². The largest absolute Gasteiger partial charge is 0.514 e. The van der Waals surface area contributed by atoms with Gasteiger partial charge in [0.2, 0.25) is 6.10 Å². The van der Waals surface area contributed by atoms with Gasteiger partial charge in [0, 0.05) is 37.3 Å². The Kier molecular flexibility index (Phi) is 13.8. The molecular weight excluding hydrogens is 917 g/mol. The van der Waals surface area contributed by atoms with Crippen molar-refractivity contribution in [3.63, 3.8) is 0 Å². The number of ether oxygens (including phenoxy) is 7. The van der Waals surface area contributed by atoms with Gasteiger partial charge in [0.05, 0.1) is 34.5 Å². The average molecular weight is 973 g/mol. The third-order valence-corrected chi connectivity index (χ3v) is 14.0. The SMILES string of the molecule is CC(=O)O[C@@]12CO[C@@H]1C[C@H](O)[C@@]1(C)C(=O)[C@H](O)C3=C(C)[C@@H](OC(=O)[C@H](OC(=O)Oc4ccc([N+](=O)[O-])cc4)[C@@H](NC(=O)OC(C)(C)C)c4ccccc4)C[C@@](O)([C@@H](OC(=O)c4ccccc4)[C@@H]21)C3(C)C. The predicted octanol–water partition coefficient (Wildman–Crippen LogP) is 5.39. The maximum Gasteiger partial charge on any atom is 0.514 e. The van der Waals surface area contributed by atoms with E-state index in [1.165, 1.54) is 52.0 Å².